The molecule has 13 heavy (non-hydrogen) atoms. The second kappa shape index (κ2) is 2.82. The van der Waals surface area contributed by atoms with Gasteiger partial charge in [-0.2, -0.15) is 0 Å². The quantitative estimate of drug-likeness (QED) is 0.727. The van der Waals surface area contributed by atoms with Crippen molar-refractivity contribution in [3.8, 4) is 0 Å². The van der Waals surface area contributed by atoms with Crippen LogP contribution in [0.25, 0.3) is 0 Å². The lowest BCUT2D eigenvalue weighted by atomic mass is 10.1. The Balaban J connectivity index is 1.94. The highest BCUT2D eigenvalue weighted by molar-refractivity contribution is 9.10. The highest BCUT2D eigenvalue weighted by Gasteiger charge is 2.33. The summed E-state index contributed by atoms with van der Waals surface area (Å²) in [5.74, 6) is 0. The average molecular weight is 238 g/mol. The fourth-order valence-corrected chi connectivity index (χ4v) is 2.64. The van der Waals surface area contributed by atoms with Crippen molar-refractivity contribution >= 4 is 15.9 Å². The second-order valence-electron chi connectivity index (χ2n) is 4.01. The summed E-state index contributed by atoms with van der Waals surface area (Å²) in [5, 5.41) is 0. The van der Waals surface area contributed by atoms with Crippen LogP contribution < -0.4 is 0 Å². The van der Waals surface area contributed by atoms with Gasteiger partial charge in [0.05, 0.1) is 0 Å². The van der Waals surface area contributed by atoms with Gasteiger partial charge >= 0.3 is 0 Å². The summed E-state index contributed by atoms with van der Waals surface area (Å²) in [4.78, 5) is 2.59. The Hall–Kier alpha value is -0.340. The molecule has 0 unspecified atom stereocenters. The first-order valence-electron chi connectivity index (χ1n) is 4.85. The first kappa shape index (κ1) is 8.01. The van der Waals surface area contributed by atoms with Gasteiger partial charge in [0.2, 0.25) is 0 Å². The summed E-state index contributed by atoms with van der Waals surface area (Å²) in [7, 11) is 0. The standard InChI is InChI=1S/C11H12BrN/c12-11-3-1-2-8-6-13(7-10(8)11)9-4-5-9/h1-3,9H,4-7H2. The molecule has 0 amide bonds. The van der Waals surface area contributed by atoms with Gasteiger partial charge in [0, 0.05) is 23.6 Å². The topological polar surface area (TPSA) is 3.24 Å². The van der Waals surface area contributed by atoms with Crippen LogP contribution in [0, 0.1) is 0 Å². The summed E-state index contributed by atoms with van der Waals surface area (Å²) >= 11 is 3.62. The molecule has 1 heterocycles. The molecule has 1 aliphatic carbocycles. The molecular weight excluding hydrogens is 226 g/mol. The maximum Gasteiger partial charge on any atom is 0.0254 e. The van der Waals surface area contributed by atoms with E-state index in [2.05, 4.69) is 39.0 Å². The van der Waals surface area contributed by atoms with Gasteiger partial charge in [0.1, 0.15) is 0 Å². The van der Waals surface area contributed by atoms with Crippen LogP contribution in [-0.4, -0.2) is 10.9 Å². The van der Waals surface area contributed by atoms with Crippen molar-refractivity contribution in [2.45, 2.75) is 32.0 Å². The van der Waals surface area contributed by atoms with Gasteiger partial charge in [-0.05, 0) is 30.0 Å². The molecule has 0 N–H and O–H groups in total. The summed E-state index contributed by atoms with van der Waals surface area (Å²) in [6, 6.07) is 7.43. The Bertz CT molecular complexity index is 344. The van der Waals surface area contributed by atoms with Crippen molar-refractivity contribution in [1.82, 2.24) is 4.90 Å². The summed E-state index contributed by atoms with van der Waals surface area (Å²) < 4.78 is 1.29. The Morgan fingerprint density at radius 3 is 2.77 bits per heavy atom. The fourth-order valence-electron chi connectivity index (χ4n) is 2.10. The third kappa shape index (κ3) is 1.32. The van der Waals surface area contributed by atoms with E-state index in [0.717, 1.165) is 12.6 Å². The third-order valence-corrected chi connectivity index (χ3v) is 3.76. The van der Waals surface area contributed by atoms with Gasteiger partial charge in [-0.15, -0.1) is 0 Å². The van der Waals surface area contributed by atoms with Crippen LogP contribution in [0.1, 0.15) is 24.0 Å². The van der Waals surface area contributed by atoms with Gasteiger partial charge in [-0.25, -0.2) is 0 Å². The predicted molar refractivity (Wildman–Crippen MR) is 56.4 cm³/mol. The van der Waals surface area contributed by atoms with Crippen molar-refractivity contribution in [2.75, 3.05) is 0 Å². The number of nitrogens with zero attached hydrogens (tertiary/aromatic N) is 1. The number of hydrogen-bond donors (Lipinski definition) is 0. The molecule has 1 fully saturated rings. The van der Waals surface area contributed by atoms with E-state index < -0.39 is 0 Å². The van der Waals surface area contributed by atoms with Crippen molar-refractivity contribution < 1.29 is 0 Å². The maximum absolute atomic E-state index is 3.62. The van der Waals surface area contributed by atoms with Crippen LogP contribution >= 0.6 is 15.9 Å². The minimum Gasteiger partial charge on any atom is -0.292 e. The van der Waals surface area contributed by atoms with E-state index in [4.69, 9.17) is 0 Å². The van der Waals surface area contributed by atoms with Gasteiger partial charge in [0.25, 0.3) is 0 Å². The zero-order valence-electron chi connectivity index (χ0n) is 7.46. The average Bonchev–Trinajstić information content (AvgIpc) is 2.87. The molecule has 1 nitrogen and oxygen atoms in total. The monoisotopic (exact) mass is 237 g/mol. The second-order valence-corrected chi connectivity index (χ2v) is 4.87. The molecule has 3 rings (SSSR count). The minimum absolute atomic E-state index is 0.888. The zero-order chi connectivity index (χ0) is 8.84. The molecule has 0 radical (unpaired) electrons. The lowest BCUT2D eigenvalue weighted by molar-refractivity contribution is 0.273. The lowest BCUT2D eigenvalue weighted by Gasteiger charge is -2.12. The molecule has 0 saturated heterocycles. The molecule has 0 spiro atoms. The fraction of sp³-hybridized carbons (Fsp3) is 0.455. The van der Waals surface area contributed by atoms with Crippen LogP contribution in [0.5, 0.6) is 0 Å². The van der Waals surface area contributed by atoms with E-state index in [0.29, 0.717) is 0 Å². The predicted octanol–water partition coefficient (Wildman–Crippen LogP) is 2.93. The van der Waals surface area contributed by atoms with E-state index in [1.165, 1.54) is 35.0 Å². The summed E-state index contributed by atoms with van der Waals surface area (Å²) in [6.45, 7) is 2.32. The molecule has 1 aliphatic heterocycles. The number of halogens is 1. The number of hydrogen-bond acceptors (Lipinski definition) is 1. The zero-order valence-corrected chi connectivity index (χ0v) is 9.05. The van der Waals surface area contributed by atoms with Crippen molar-refractivity contribution in [2.24, 2.45) is 0 Å². The largest absolute Gasteiger partial charge is 0.292 e. The van der Waals surface area contributed by atoms with E-state index in [1.54, 1.807) is 0 Å². The molecule has 0 aromatic heterocycles. The molecule has 1 saturated carbocycles. The Kier molecular flexibility index (Phi) is 1.74. The van der Waals surface area contributed by atoms with E-state index in [1.807, 2.05) is 0 Å². The molecule has 0 atom stereocenters. The van der Waals surface area contributed by atoms with E-state index >= 15 is 0 Å². The van der Waals surface area contributed by atoms with Crippen LogP contribution in [-0.2, 0) is 13.1 Å². The van der Waals surface area contributed by atoms with Crippen LogP contribution in [0.2, 0.25) is 0 Å². The minimum atomic E-state index is 0.888. The van der Waals surface area contributed by atoms with Crippen molar-refractivity contribution in [1.29, 1.82) is 0 Å². The number of benzene rings is 1. The van der Waals surface area contributed by atoms with E-state index in [-0.39, 0.29) is 0 Å². The third-order valence-electron chi connectivity index (χ3n) is 3.01. The molecule has 1 aromatic carbocycles. The maximum atomic E-state index is 3.62. The Morgan fingerprint density at radius 1 is 1.23 bits per heavy atom. The smallest absolute Gasteiger partial charge is 0.0254 e. The highest BCUT2D eigenvalue weighted by Crippen LogP contribution is 2.36. The number of fused-ring (bicyclic) bond motifs is 1. The first-order valence-corrected chi connectivity index (χ1v) is 5.64. The van der Waals surface area contributed by atoms with Crippen molar-refractivity contribution in [3.63, 3.8) is 0 Å². The molecule has 1 aromatic rings. The van der Waals surface area contributed by atoms with Gasteiger partial charge < -0.3 is 0 Å². The Labute approximate surface area is 86.9 Å². The van der Waals surface area contributed by atoms with Gasteiger partial charge in [-0.3, -0.25) is 4.90 Å². The number of rotatable bonds is 1. The normalized spacial score (nSPS) is 21.9. The van der Waals surface area contributed by atoms with Crippen LogP contribution in [0.3, 0.4) is 0 Å². The molecule has 68 valence electrons. The molecule has 2 aliphatic rings. The lowest BCUT2D eigenvalue weighted by Crippen LogP contribution is -2.18. The SMILES string of the molecule is Brc1cccc2c1CN(C1CC1)C2. The van der Waals surface area contributed by atoms with E-state index in [9.17, 15) is 0 Å². The summed E-state index contributed by atoms with van der Waals surface area (Å²) in [5.41, 5.74) is 3.02. The molecular formula is C11H12BrN. The summed E-state index contributed by atoms with van der Waals surface area (Å²) in [6.07, 6.45) is 2.82. The van der Waals surface area contributed by atoms with Gasteiger partial charge in [0.15, 0.2) is 0 Å². The van der Waals surface area contributed by atoms with Crippen molar-refractivity contribution in [3.05, 3.63) is 33.8 Å². The first-order chi connectivity index (χ1) is 6.34. The molecule has 0 bridgehead atoms. The highest BCUT2D eigenvalue weighted by atomic mass is 79.9. The van der Waals surface area contributed by atoms with Crippen LogP contribution in [0.15, 0.2) is 22.7 Å². The molecule has 2 heteroatoms. The van der Waals surface area contributed by atoms with Crippen LogP contribution in [0.4, 0.5) is 0 Å². The Morgan fingerprint density at radius 2 is 2.08 bits per heavy atom. The van der Waals surface area contributed by atoms with Gasteiger partial charge in [-0.1, -0.05) is 28.1 Å².